The highest BCUT2D eigenvalue weighted by Gasteiger charge is 2.74. The van der Waals surface area contributed by atoms with E-state index in [1.165, 1.54) is 12.1 Å². The molecule has 37 heavy (non-hydrogen) atoms. The van der Waals surface area contributed by atoms with Crippen LogP contribution >= 0.6 is 11.6 Å². The van der Waals surface area contributed by atoms with Crippen LogP contribution in [0.25, 0.3) is 0 Å². The van der Waals surface area contributed by atoms with E-state index in [4.69, 9.17) is 16.3 Å². The largest absolute Gasteiger partial charge is 0.416 e. The molecular formula is C27H15ClF3NO5. The Labute approximate surface area is 212 Å². The van der Waals surface area contributed by atoms with Gasteiger partial charge >= 0.3 is 6.18 Å². The molecule has 0 bridgehead atoms. The van der Waals surface area contributed by atoms with E-state index in [-0.39, 0.29) is 16.8 Å². The molecule has 2 amide bonds. The number of hydrogen-bond acceptors (Lipinski definition) is 5. The third kappa shape index (κ3) is 3.17. The highest BCUT2D eigenvalue weighted by molar-refractivity contribution is 6.37. The van der Waals surface area contributed by atoms with Crippen LogP contribution in [0, 0.1) is 11.8 Å². The molecule has 2 heterocycles. The quantitative estimate of drug-likeness (QED) is 0.345. The lowest BCUT2D eigenvalue weighted by Crippen LogP contribution is -2.51. The Hall–Kier alpha value is -3.82. The number of hydrogen-bond donors (Lipinski definition) is 0. The zero-order chi connectivity index (χ0) is 26.3. The van der Waals surface area contributed by atoms with Crippen LogP contribution in [-0.4, -0.2) is 29.0 Å². The number of amides is 2. The van der Waals surface area contributed by atoms with Crippen molar-refractivity contribution in [2.45, 2.75) is 17.9 Å². The van der Waals surface area contributed by atoms with Gasteiger partial charge in [0.05, 0.1) is 29.2 Å². The average Bonchev–Trinajstić information content (AvgIpc) is 3.44. The van der Waals surface area contributed by atoms with Crippen LogP contribution in [0.4, 0.5) is 18.9 Å². The zero-order valence-electron chi connectivity index (χ0n) is 18.7. The van der Waals surface area contributed by atoms with E-state index in [1.807, 2.05) is 0 Å². The molecule has 3 aliphatic rings. The second-order valence-electron chi connectivity index (χ2n) is 9.09. The minimum atomic E-state index is -4.61. The molecule has 3 aromatic rings. The average molecular weight is 526 g/mol. The van der Waals surface area contributed by atoms with Gasteiger partial charge in [-0.15, -0.1) is 0 Å². The van der Waals surface area contributed by atoms with Crippen LogP contribution in [0.3, 0.4) is 0 Å². The molecule has 3 aromatic carbocycles. The van der Waals surface area contributed by atoms with Gasteiger partial charge in [-0.1, -0.05) is 48.0 Å². The van der Waals surface area contributed by atoms with Crippen molar-refractivity contribution in [2.24, 2.45) is 11.8 Å². The van der Waals surface area contributed by atoms with Crippen LogP contribution in [0.1, 0.15) is 37.9 Å². The number of benzene rings is 3. The van der Waals surface area contributed by atoms with Gasteiger partial charge < -0.3 is 4.74 Å². The van der Waals surface area contributed by atoms with Crippen LogP contribution in [0.2, 0.25) is 5.02 Å². The maximum atomic E-state index is 13.8. The monoisotopic (exact) mass is 525 g/mol. The molecule has 6 nitrogen and oxygen atoms in total. The third-order valence-corrected chi connectivity index (χ3v) is 7.42. The van der Waals surface area contributed by atoms with E-state index in [2.05, 4.69) is 0 Å². The number of fused-ring (bicyclic) bond motifs is 3. The smallest absolute Gasteiger partial charge is 0.349 e. The molecule has 2 fully saturated rings. The molecular weight excluding hydrogens is 511 g/mol. The first kappa shape index (κ1) is 23.6. The van der Waals surface area contributed by atoms with Gasteiger partial charge in [0, 0.05) is 16.1 Å². The summed E-state index contributed by atoms with van der Waals surface area (Å²) in [6, 6.07) is 15.8. The number of ketones is 2. The van der Waals surface area contributed by atoms with E-state index >= 15 is 0 Å². The minimum Gasteiger partial charge on any atom is -0.349 e. The van der Waals surface area contributed by atoms with Crippen LogP contribution in [0.5, 0.6) is 0 Å². The zero-order valence-corrected chi connectivity index (χ0v) is 19.4. The van der Waals surface area contributed by atoms with Crippen molar-refractivity contribution in [2.75, 3.05) is 4.90 Å². The number of halogens is 4. The first-order chi connectivity index (χ1) is 17.6. The number of Topliss-reactive ketones (excluding diaryl/α,β-unsaturated/α-hetero) is 2. The highest BCUT2D eigenvalue weighted by atomic mass is 35.5. The molecule has 1 aliphatic carbocycles. The van der Waals surface area contributed by atoms with E-state index < -0.39 is 58.7 Å². The fourth-order valence-corrected chi connectivity index (χ4v) is 5.65. The fourth-order valence-electron chi connectivity index (χ4n) is 5.52. The first-order valence-electron chi connectivity index (χ1n) is 11.2. The Morgan fingerprint density at radius 2 is 1.35 bits per heavy atom. The molecule has 0 unspecified atom stereocenters. The van der Waals surface area contributed by atoms with E-state index in [0.717, 1.165) is 29.2 Å². The number of anilines is 1. The molecule has 0 saturated carbocycles. The van der Waals surface area contributed by atoms with Gasteiger partial charge in [0.15, 0.2) is 0 Å². The van der Waals surface area contributed by atoms with Crippen molar-refractivity contribution in [1.82, 2.24) is 0 Å². The number of imide groups is 1. The van der Waals surface area contributed by atoms with Crippen molar-refractivity contribution in [1.29, 1.82) is 0 Å². The van der Waals surface area contributed by atoms with Crippen molar-refractivity contribution in [3.05, 3.63) is 100 Å². The normalized spacial score (nSPS) is 24.2. The SMILES string of the molecule is O=C1[C@@H]2[C@H](c3ccc(Cl)cc3)OC3(C(=O)c4ccccc4C3=O)[C@H]2C(=O)N1c1ccc(C(F)(F)F)cc1. The molecule has 1 spiro atoms. The van der Waals surface area contributed by atoms with Crippen LogP contribution in [-0.2, 0) is 20.5 Å². The lowest BCUT2D eigenvalue weighted by atomic mass is 9.77. The van der Waals surface area contributed by atoms with E-state index in [1.54, 1.807) is 36.4 Å². The Morgan fingerprint density at radius 3 is 1.89 bits per heavy atom. The van der Waals surface area contributed by atoms with Crippen molar-refractivity contribution < 1.29 is 37.1 Å². The summed E-state index contributed by atoms with van der Waals surface area (Å²) in [5, 5.41) is 0.397. The van der Waals surface area contributed by atoms with Gasteiger partial charge in [0.25, 0.3) is 0 Å². The first-order valence-corrected chi connectivity index (χ1v) is 11.6. The Morgan fingerprint density at radius 1 is 0.784 bits per heavy atom. The summed E-state index contributed by atoms with van der Waals surface area (Å²) < 4.78 is 45.4. The Kier molecular flexibility index (Phi) is 4.99. The second kappa shape index (κ2) is 7.84. The number of carbonyl (C=O) groups excluding carboxylic acids is 4. The van der Waals surface area contributed by atoms with Gasteiger partial charge in [0.2, 0.25) is 29.0 Å². The second-order valence-corrected chi connectivity index (χ2v) is 9.53. The Balaban J connectivity index is 1.50. The summed E-state index contributed by atoms with van der Waals surface area (Å²) in [4.78, 5) is 55.6. The van der Waals surface area contributed by atoms with Crippen LogP contribution < -0.4 is 4.90 Å². The number of rotatable bonds is 2. The van der Waals surface area contributed by atoms with Gasteiger partial charge in [-0.2, -0.15) is 13.2 Å². The number of ether oxygens (including phenoxy) is 1. The summed E-state index contributed by atoms with van der Waals surface area (Å²) in [5.41, 5.74) is -2.74. The molecule has 2 saturated heterocycles. The molecule has 0 N–H and O–H groups in total. The summed E-state index contributed by atoms with van der Waals surface area (Å²) >= 11 is 6.00. The predicted molar refractivity (Wildman–Crippen MR) is 124 cm³/mol. The third-order valence-electron chi connectivity index (χ3n) is 7.17. The molecule has 3 atom stereocenters. The fraction of sp³-hybridized carbons (Fsp3) is 0.185. The maximum absolute atomic E-state index is 13.8. The van der Waals surface area contributed by atoms with Gasteiger partial charge in [0.1, 0.15) is 0 Å². The lowest BCUT2D eigenvalue weighted by Gasteiger charge is -2.27. The lowest BCUT2D eigenvalue weighted by molar-refractivity contribution is -0.137. The topological polar surface area (TPSA) is 80.8 Å². The molecule has 2 aliphatic heterocycles. The molecule has 6 rings (SSSR count). The molecule has 0 radical (unpaired) electrons. The maximum Gasteiger partial charge on any atom is 0.416 e. The summed E-state index contributed by atoms with van der Waals surface area (Å²) in [5.74, 6) is -5.89. The van der Waals surface area contributed by atoms with Gasteiger partial charge in [-0.05, 0) is 42.0 Å². The summed E-state index contributed by atoms with van der Waals surface area (Å²) in [6.07, 6.45) is -5.76. The van der Waals surface area contributed by atoms with Gasteiger partial charge in [-0.3, -0.25) is 19.2 Å². The standard InChI is InChI=1S/C27H15ClF3NO5/c28-15-9-5-13(6-10-15)21-19-20(26(37-21)22(33)17-3-1-2-4-18(17)23(26)34)25(36)32(24(19)35)16-11-7-14(8-12-16)27(29,30)31/h1-12,19-21H/t19-,20+,21-/m0/s1. The molecule has 186 valence electrons. The van der Waals surface area contributed by atoms with E-state index in [9.17, 15) is 32.3 Å². The van der Waals surface area contributed by atoms with Crippen molar-refractivity contribution in [3.8, 4) is 0 Å². The molecule has 10 heteroatoms. The van der Waals surface area contributed by atoms with Gasteiger partial charge in [-0.25, -0.2) is 4.90 Å². The Bertz CT molecular complexity index is 1460. The summed E-state index contributed by atoms with van der Waals surface area (Å²) in [6.45, 7) is 0. The number of nitrogens with zero attached hydrogens (tertiary/aromatic N) is 1. The van der Waals surface area contributed by atoms with Crippen molar-refractivity contribution in [3.63, 3.8) is 0 Å². The number of carbonyl (C=O) groups is 4. The summed E-state index contributed by atoms with van der Waals surface area (Å²) in [7, 11) is 0. The minimum absolute atomic E-state index is 0.0798. The van der Waals surface area contributed by atoms with Crippen molar-refractivity contribution >= 4 is 40.7 Å². The molecule has 0 aromatic heterocycles. The van der Waals surface area contributed by atoms with E-state index in [0.29, 0.717) is 10.6 Å². The predicted octanol–water partition coefficient (Wildman–Crippen LogP) is 5.05. The van der Waals surface area contributed by atoms with Crippen LogP contribution in [0.15, 0.2) is 72.8 Å². The highest BCUT2D eigenvalue weighted by Crippen LogP contribution is 2.57. The number of alkyl halides is 3.